The summed E-state index contributed by atoms with van der Waals surface area (Å²) in [6.07, 6.45) is -0.288. The number of urea groups is 1. The Kier molecular flexibility index (Phi) is 8.95. The molecule has 0 radical (unpaired) electrons. The highest BCUT2D eigenvalue weighted by Crippen LogP contribution is 2.16. The zero-order valence-corrected chi connectivity index (χ0v) is 18.9. The fraction of sp³-hybridized carbons (Fsp3) is 0.154. The van der Waals surface area contributed by atoms with Crippen LogP contribution in [0, 0.1) is 0 Å². The van der Waals surface area contributed by atoms with Crippen molar-refractivity contribution >= 4 is 29.5 Å². The lowest BCUT2D eigenvalue weighted by atomic mass is 10.0. The van der Waals surface area contributed by atoms with Gasteiger partial charge in [-0.15, -0.1) is 0 Å². The van der Waals surface area contributed by atoms with Crippen molar-refractivity contribution in [2.75, 3.05) is 11.9 Å². The van der Waals surface area contributed by atoms with Crippen LogP contribution in [0.1, 0.15) is 33.9 Å². The zero-order valence-electron chi connectivity index (χ0n) is 18.9. The number of amides is 4. The van der Waals surface area contributed by atoms with Gasteiger partial charge < -0.3 is 26.4 Å². The number of carbonyl (C=O) groups is 4. The van der Waals surface area contributed by atoms with Crippen LogP contribution in [-0.2, 0) is 16.1 Å². The molecule has 0 aliphatic rings. The lowest BCUT2D eigenvalue weighted by molar-refractivity contribution is -0.137. The summed E-state index contributed by atoms with van der Waals surface area (Å²) < 4.78 is 0. The van der Waals surface area contributed by atoms with Crippen molar-refractivity contribution < 1.29 is 24.3 Å². The minimum atomic E-state index is -1.06. The third-order valence-corrected chi connectivity index (χ3v) is 5.00. The van der Waals surface area contributed by atoms with Crippen molar-refractivity contribution in [2.24, 2.45) is 0 Å². The van der Waals surface area contributed by atoms with E-state index in [0.717, 1.165) is 5.56 Å². The molecule has 1 unspecified atom stereocenters. The highest BCUT2D eigenvalue weighted by Gasteiger charge is 2.18. The van der Waals surface area contributed by atoms with Gasteiger partial charge >= 0.3 is 12.0 Å². The van der Waals surface area contributed by atoms with Gasteiger partial charge in [0.1, 0.15) is 0 Å². The summed E-state index contributed by atoms with van der Waals surface area (Å²) in [5.41, 5.74) is 2.27. The quantitative estimate of drug-likeness (QED) is 0.308. The van der Waals surface area contributed by atoms with E-state index in [2.05, 4.69) is 21.3 Å². The maximum absolute atomic E-state index is 12.5. The van der Waals surface area contributed by atoms with Crippen LogP contribution in [-0.4, -0.2) is 35.5 Å². The summed E-state index contributed by atoms with van der Waals surface area (Å²) in [5, 5.41) is 19.7. The first-order chi connectivity index (χ1) is 16.9. The molecule has 0 bridgehead atoms. The average molecular weight is 475 g/mol. The highest BCUT2D eigenvalue weighted by atomic mass is 16.4. The van der Waals surface area contributed by atoms with Gasteiger partial charge in [0.15, 0.2) is 0 Å². The van der Waals surface area contributed by atoms with Crippen LogP contribution in [0.25, 0.3) is 0 Å². The van der Waals surface area contributed by atoms with Gasteiger partial charge in [-0.05, 0) is 29.3 Å². The second-order valence-electron chi connectivity index (χ2n) is 7.69. The van der Waals surface area contributed by atoms with Crippen molar-refractivity contribution in [3.8, 4) is 0 Å². The molecule has 0 heterocycles. The van der Waals surface area contributed by atoms with E-state index in [1.54, 1.807) is 48.5 Å². The van der Waals surface area contributed by atoms with Crippen molar-refractivity contribution in [1.82, 2.24) is 16.0 Å². The SMILES string of the molecule is O=C(O)CC(NC(=O)CNC(=O)c1cccc(NC(=O)NCc2ccccc2)c1)c1ccccc1. The molecule has 0 aliphatic carbocycles. The highest BCUT2D eigenvalue weighted by molar-refractivity contribution is 5.98. The number of nitrogens with one attached hydrogen (secondary N) is 4. The number of hydrogen-bond acceptors (Lipinski definition) is 4. The first-order valence-corrected chi connectivity index (χ1v) is 10.9. The van der Waals surface area contributed by atoms with Gasteiger partial charge in [-0.25, -0.2) is 4.79 Å². The summed E-state index contributed by atoms with van der Waals surface area (Å²) in [4.78, 5) is 48.2. The third kappa shape index (κ3) is 8.32. The molecule has 3 rings (SSSR count). The molecule has 0 spiro atoms. The van der Waals surface area contributed by atoms with Crippen LogP contribution in [0.3, 0.4) is 0 Å². The Balaban J connectivity index is 1.51. The minimum absolute atomic E-state index is 0.254. The first kappa shape index (κ1) is 25.0. The van der Waals surface area contributed by atoms with Gasteiger partial charge in [-0.3, -0.25) is 14.4 Å². The summed E-state index contributed by atoms with van der Waals surface area (Å²) in [7, 11) is 0. The molecule has 9 heteroatoms. The van der Waals surface area contributed by atoms with Crippen molar-refractivity contribution in [1.29, 1.82) is 0 Å². The van der Waals surface area contributed by atoms with Crippen LogP contribution in [0.4, 0.5) is 10.5 Å². The van der Waals surface area contributed by atoms with Crippen LogP contribution < -0.4 is 21.3 Å². The number of anilines is 1. The lowest BCUT2D eigenvalue weighted by Crippen LogP contribution is -2.39. The molecule has 0 saturated carbocycles. The number of carboxylic acid groups (broad SMARTS) is 1. The number of hydrogen-bond donors (Lipinski definition) is 5. The molecule has 3 aromatic carbocycles. The molecule has 4 amide bonds. The van der Waals surface area contributed by atoms with Crippen LogP contribution >= 0.6 is 0 Å². The average Bonchev–Trinajstić information content (AvgIpc) is 2.86. The maximum atomic E-state index is 12.5. The summed E-state index contributed by atoms with van der Waals surface area (Å²) in [6, 6.07) is 23.3. The van der Waals surface area contributed by atoms with E-state index < -0.39 is 29.9 Å². The smallest absolute Gasteiger partial charge is 0.319 e. The molecule has 1 atom stereocenters. The van der Waals surface area contributed by atoms with E-state index in [1.165, 1.54) is 6.07 Å². The number of aliphatic carboxylic acids is 1. The Hall–Kier alpha value is -4.66. The Labute approximate surface area is 202 Å². The van der Waals surface area contributed by atoms with Crippen LogP contribution in [0.5, 0.6) is 0 Å². The molecule has 0 aliphatic heterocycles. The van der Waals surface area contributed by atoms with Crippen LogP contribution in [0.15, 0.2) is 84.9 Å². The molecule has 5 N–H and O–H groups in total. The number of carbonyl (C=O) groups excluding carboxylic acids is 3. The fourth-order valence-electron chi connectivity index (χ4n) is 3.31. The van der Waals surface area contributed by atoms with E-state index in [1.807, 2.05) is 30.3 Å². The number of rotatable bonds is 10. The summed E-state index contributed by atoms with van der Waals surface area (Å²) in [6.45, 7) is 0.0187. The van der Waals surface area contributed by atoms with Gasteiger partial charge in [0.25, 0.3) is 5.91 Å². The van der Waals surface area contributed by atoms with Crippen molar-refractivity contribution in [2.45, 2.75) is 19.0 Å². The fourth-order valence-corrected chi connectivity index (χ4v) is 3.31. The van der Waals surface area contributed by atoms with E-state index in [4.69, 9.17) is 5.11 Å². The Bertz CT molecular complexity index is 1170. The van der Waals surface area contributed by atoms with E-state index >= 15 is 0 Å². The molecule has 0 saturated heterocycles. The van der Waals surface area contributed by atoms with Crippen molar-refractivity contribution in [3.63, 3.8) is 0 Å². The van der Waals surface area contributed by atoms with E-state index in [-0.39, 0.29) is 18.5 Å². The molecule has 3 aromatic rings. The number of benzene rings is 3. The normalized spacial score (nSPS) is 11.1. The Morgan fingerprint density at radius 2 is 1.49 bits per heavy atom. The lowest BCUT2D eigenvalue weighted by Gasteiger charge is -2.17. The van der Waals surface area contributed by atoms with Gasteiger partial charge in [-0.1, -0.05) is 66.7 Å². The Morgan fingerprint density at radius 1 is 0.800 bits per heavy atom. The largest absolute Gasteiger partial charge is 0.481 e. The molecule has 0 fully saturated rings. The summed E-state index contributed by atoms with van der Waals surface area (Å²) in [5.74, 6) is -2.09. The molecule has 9 nitrogen and oxygen atoms in total. The molecule has 35 heavy (non-hydrogen) atoms. The zero-order chi connectivity index (χ0) is 25.0. The standard InChI is InChI=1S/C26H26N4O5/c31-23(30-22(15-24(32)33)19-10-5-2-6-11-19)17-27-25(34)20-12-7-13-21(14-20)29-26(35)28-16-18-8-3-1-4-9-18/h1-14,22H,15-17H2,(H,27,34)(H,30,31)(H,32,33)(H2,28,29,35). The van der Waals surface area contributed by atoms with Gasteiger partial charge in [-0.2, -0.15) is 0 Å². The van der Waals surface area contributed by atoms with E-state index in [0.29, 0.717) is 17.8 Å². The Morgan fingerprint density at radius 3 is 2.17 bits per heavy atom. The second kappa shape index (κ2) is 12.5. The third-order valence-electron chi connectivity index (χ3n) is 5.00. The van der Waals surface area contributed by atoms with Gasteiger partial charge in [0.2, 0.25) is 5.91 Å². The van der Waals surface area contributed by atoms with Crippen molar-refractivity contribution in [3.05, 3.63) is 102 Å². The predicted molar refractivity (Wildman–Crippen MR) is 131 cm³/mol. The first-order valence-electron chi connectivity index (χ1n) is 10.9. The van der Waals surface area contributed by atoms with Gasteiger partial charge in [0.05, 0.1) is 19.0 Å². The van der Waals surface area contributed by atoms with E-state index in [9.17, 15) is 19.2 Å². The second-order valence-corrected chi connectivity index (χ2v) is 7.69. The molecular formula is C26H26N4O5. The predicted octanol–water partition coefficient (Wildman–Crippen LogP) is 3.07. The van der Waals surface area contributed by atoms with Gasteiger partial charge in [0, 0.05) is 17.8 Å². The maximum Gasteiger partial charge on any atom is 0.319 e. The minimum Gasteiger partial charge on any atom is -0.481 e. The molecule has 0 aromatic heterocycles. The molecule has 180 valence electrons. The number of carboxylic acids is 1. The monoisotopic (exact) mass is 474 g/mol. The molecular weight excluding hydrogens is 448 g/mol. The topological polar surface area (TPSA) is 137 Å². The van der Waals surface area contributed by atoms with Crippen LogP contribution in [0.2, 0.25) is 0 Å². The summed E-state index contributed by atoms with van der Waals surface area (Å²) >= 11 is 0.